The quantitative estimate of drug-likeness (QED) is 0.0724. The minimum Gasteiger partial charge on any atom is -0.314 e. The van der Waals surface area contributed by atoms with E-state index in [1.807, 2.05) is 34.1 Å². The third-order valence-electron chi connectivity index (χ3n) is 6.89. The van der Waals surface area contributed by atoms with E-state index in [-0.39, 0.29) is 0 Å². The Labute approximate surface area is 189 Å². The summed E-state index contributed by atoms with van der Waals surface area (Å²) in [6.07, 6.45) is 26.1. The first-order valence-electron chi connectivity index (χ1n) is 12.9. The van der Waals surface area contributed by atoms with E-state index in [0.29, 0.717) is 10.9 Å². The Bertz CT molecular complexity index is 474. The summed E-state index contributed by atoms with van der Waals surface area (Å²) >= 11 is 0. The largest absolute Gasteiger partial charge is 0.378 e. The summed E-state index contributed by atoms with van der Waals surface area (Å²) in [4.78, 5) is 0. The fourth-order valence-corrected chi connectivity index (χ4v) is 5.71. The molecule has 1 atom stereocenters. The molecule has 178 valence electrons. The van der Waals surface area contributed by atoms with Crippen LogP contribution in [0.4, 0.5) is 0 Å². The number of hydrogen-bond donors (Lipinski definition) is 0. The number of allylic oxidation sites excluding steroid dienone is 1. The molecule has 0 rings (SSSR count). The number of hydrogen-bond acceptors (Lipinski definition) is 2. The van der Waals surface area contributed by atoms with Crippen LogP contribution >= 0.6 is 7.68 Å². The van der Waals surface area contributed by atoms with E-state index in [9.17, 15) is 9.13 Å². The molecule has 0 aromatic carbocycles. The minimum absolute atomic E-state index is 0.512. The smallest absolute Gasteiger partial charge is 0.314 e. The van der Waals surface area contributed by atoms with E-state index in [1.165, 1.54) is 103 Å². The molecule has 0 saturated heterocycles. The van der Waals surface area contributed by atoms with Crippen LogP contribution in [0, 0.1) is 0 Å². The van der Waals surface area contributed by atoms with Crippen molar-refractivity contribution < 1.29 is 13.6 Å². The minimum atomic E-state index is -2.41. The lowest BCUT2D eigenvalue weighted by Crippen LogP contribution is -2.53. The lowest BCUT2D eigenvalue weighted by Gasteiger charge is -2.40. The van der Waals surface area contributed by atoms with Gasteiger partial charge in [0.2, 0.25) is 5.28 Å². The van der Waals surface area contributed by atoms with Crippen LogP contribution in [0.25, 0.3) is 0 Å². The van der Waals surface area contributed by atoms with E-state index >= 15 is 0 Å². The van der Waals surface area contributed by atoms with Gasteiger partial charge in [0.1, 0.15) is 0 Å². The van der Waals surface area contributed by atoms with Crippen molar-refractivity contribution in [2.45, 2.75) is 134 Å². The second-order valence-corrected chi connectivity index (χ2v) is 11.4. The molecule has 3 nitrogen and oxygen atoms in total. The molecule has 0 radical (unpaired) electrons. The third-order valence-corrected chi connectivity index (χ3v) is 8.71. The molecule has 0 fully saturated rings. The van der Waals surface area contributed by atoms with Crippen molar-refractivity contribution in [3.8, 4) is 0 Å². The van der Waals surface area contributed by atoms with Gasteiger partial charge >= 0.3 is 7.68 Å². The maximum atomic E-state index is 11.9. The van der Waals surface area contributed by atoms with Crippen molar-refractivity contribution in [3.63, 3.8) is 0 Å². The Hall–Kier alpha value is -0.400. The standard InChI is InChI=1S/C26H53NO2P/c1-6-8-9-10-11-12-13-14-15-16-17-18-19-20-21-22-23-24-25-26(7-2,30(28)29)27(3,4)5/h6H,1,7-25H2,2-5H3/q+1. The number of quaternary nitrogens is 1. The van der Waals surface area contributed by atoms with E-state index in [1.54, 1.807) is 0 Å². The van der Waals surface area contributed by atoms with Gasteiger partial charge in [-0.05, 0) is 19.3 Å². The molecular formula is C26H53NO2P+. The molecule has 4 heteroatoms. The van der Waals surface area contributed by atoms with E-state index in [2.05, 4.69) is 6.58 Å². The maximum Gasteiger partial charge on any atom is 0.378 e. The van der Waals surface area contributed by atoms with Crippen LogP contribution < -0.4 is 0 Å². The molecule has 0 aromatic rings. The Morgan fingerprint density at radius 3 is 1.27 bits per heavy atom. The summed E-state index contributed by atoms with van der Waals surface area (Å²) in [6.45, 7) is 5.79. The highest BCUT2D eigenvalue weighted by Gasteiger charge is 2.46. The van der Waals surface area contributed by atoms with Crippen LogP contribution in [-0.4, -0.2) is 30.9 Å². The van der Waals surface area contributed by atoms with Crippen molar-refractivity contribution in [2.75, 3.05) is 21.1 Å². The summed E-state index contributed by atoms with van der Waals surface area (Å²) < 4.78 is 24.4. The molecule has 0 heterocycles. The zero-order chi connectivity index (χ0) is 22.7. The molecule has 1 unspecified atom stereocenters. The van der Waals surface area contributed by atoms with Gasteiger partial charge in [-0.25, -0.2) is 9.13 Å². The van der Waals surface area contributed by atoms with Gasteiger partial charge in [-0.2, -0.15) is 0 Å². The summed E-state index contributed by atoms with van der Waals surface area (Å²) in [7, 11) is 3.63. The Morgan fingerprint density at radius 1 is 0.667 bits per heavy atom. The number of rotatable bonds is 22. The highest BCUT2D eigenvalue weighted by molar-refractivity contribution is 7.32. The highest BCUT2D eigenvalue weighted by atomic mass is 31.1. The van der Waals surface area contributed by atoms with Gasteiger partial charge in [0.15, 0.2) is 0 Å². The van der Waals surface area contributed by atoms with Crippen LogP contribution in [-0.2, 0) is 9.13 Å². The van der Waals surface area contributed by atoms with Crippen molar-refractivity contribution >= 4 is 7.68 Å². The predicted molar refractivity (Wildman–Crippen MR) is 133 cm³/mol. The van der Waals surface area contributed by atoms with Gasteiger partial charge in [0, 0.05) is 12.8 Å². The molecule has 0 aliphatic carbocycles. The van der Waals surface area contributed by atoms with Crippen LogP contribution in [0.15, 0.2) is 12.7 Å². The first-order chi connectivity index (χ1) is 14.3. The first kappa shape index (κ1) is 29.6. The fourth-order valence-electron chi connectivity index (χ4n) is 4.62. The lowest BCUT2D eigenvalue weighted by molar-refractivity contribution is -0.908. The van der Waals surface area contributed by atoms with Crippen LogP contribution in [0.1, 0.15) is 129 Å². The van der Waals surface area contributed by atoms with Gasteiger partial charge in [-0.15, -0.1) is 6.58 Å². The fraction of sp³-hybridized carbons (Fsp3) is 0.923. The summed E-state index contributed by atoms with van der Waals surface area (Å²) in [6, 6.07) is 0. The molecule has 0 aliphatic rings. The monoisotopic (exact) mass is 442 g/mol. The lowest BCUT2D eigenvalue weighted by atomic mass is 10.0. The normalized spacial score (nSPS) is 13.9. The molecule has 0 aromatic heterocycles. The van der Waals surface area contributed by atoms with Crippen molar-refractivity contribution in [2.24, 2.45) is 0 Å². The third kappa shape index (κ3) is 13.1. The van der Waals surface area contributed by atoms with Crippen LogP contribution in [0.3, 0.4) is 0 Å². The Morgan fingerprint density at radius 2 is 1.00 bits per heavy atom. The van der Waals surface area contributed by atoms with Crippen molar-refractivity contribution in [1.29, 1.82) is 0 Å². The molecule has 0 N–H and O–H groups in total. The second kappa shape index (κ2) is 18.2. The van der Waals surface area contributed by atoms with Crippen molar-refractivity contribution in [1.82, 2.24) is 0 Å². The summed E-state index contributed by atoms with van der Waals surface area (Å²) in [5.41, 5.74) is 0. The molecule has 0 bridgehead atoms. The zero-order valence-corrected chi connectivity index (χ0v) is 21.8. The second-order valence-electron chi connectivity index (χ2n) is 10.1. The van der Waals surface area contributed by atoms with Gasteiger partial charge in [0.05, 0.1) is 21.1 Å². The molecular weight excluding hydrogens is 389 g/mol. The number of unbranched alkanes of at least 4 members (excludes halogenated alkanes) is 16. The Kier molecular flexibility index (Phi) is 18.0. The van der Waals surface area contributed by atoms with Crippen LogP contribution in [0.2, 0.25) is 0 Å². The predicted octanol–water partition coefficient (Wildman–Crippen LogP) is 9.18. The average Bonchev–Trinajstić information content (AvgIpc) is 2.68. The summed E-state index contributed by atoms with van der Waals surface area (Å²) in [5, 5.41) is -0.596. The van der Waals surface area contributed by atoms with E-state index < -0.39 is 13.0 Å². The highest BCUT2D eigenvalue weighted by Crippen LogP contribution is 2.43. The van der Waals surface area contributed by atoms with Gasteiger partial charge in [-0.3, -0.25) is 0 Å². The molecule has 0 spiro atoms. The molecule has 0 amide bonds. The van der Waals surface area contributed by atoms with Gasteiger partial charge < -0.3 is 4.48 Å². The number of nitrogens with zero attached hydrogens (tertiary/aromatic N) is 1. The summed E-state index contributed by atoms with van der Waals surface area (Å²) in [5.74, 6) is 0. The Balaban J connectivity index is 3.51. The maximum absolute atomic E-state index is 11.9. The SMILES string of the molecule is C=CCCCCCCCCCCCCCCCCCCC(CC)(P(=O)=O)[N+](C)(C)C. The van der Waals surface area contributed by atoms with E-state index in [0.717, 1.165) is 12.8 Å². The molecule has 0 saturated carbocycles. The zero-order valence-electron chi connectivity index (χ0n) is 20.9. The van der Waals surface area contributed by atoms with E-state index in [4.69, 9.17) is 0 Å². The average molecular weight is 443 g/mol. The topological polar surface area (TPSA) is 34.1 Å². The van der Waals surface area contributed by atoms with Gasteiger partial charge in [0.25, 0.3) is 0 Å². The molecule has 0 aliphatic heterocycles. The van der Waals surface area contributed by atoms with Crippen LogP contribution in [0.5, 0.6) is 0 Å². The molecule has 30 heavy (non-hydrogen) atoms. The first-order valence-corrected chi connectivity index (χ1v) is 14.1. The van der Waals surface area contributed by atoms with Crippen molar-refractivity contribution in [3.05, 3.63) is 12.7 Å². The van der Waals surface area contributed by atoms with Gasteiger partial charge in [-0.1, -0.05) is 103 Å².